The van der Waals surface area contributed by atoms with Gasteiger partial charge in [0.05, 0.1) is 6.61 Å². The van der Waals surface area contributed by atoms with Gasteiger partial charge in [0.2, 0.25) is 0 Å². The Morgan fingerprint density at radius 1 is 1.40 bits per heavy atom. The van der Waals surface area contributed by atoms with Gasteiger partial charge in [0.15, 0.2) is 5.03 Å². The Hall–Kier alpha value is -0.920. The summed E-state index contributed by atoms with van der Waals surface area (Å²) in [4.78, 5) is 0. The van der Waals surface area contributed by atoms with Crippen molar-refractivity contribution in [1.82, 2.24) is 14.9 Å². The van der Waals surface area contributed by atoms with E-state index in [0.29, 0.717) is 23.1 Å². The minimum Gasteiger partial charge on any atom is -0.392 e. The molecule has 0 spiro atoms. The van der Waals surface area contributed by atoms with E-state index in [0.717, 1.165) is 19.3 Å². The number of hydrogen-bond acceptors (Lipinski definition) is 4. The zero-order valence-electron chi connectivity index (χ0n) is 12.2. The van der Waals surface area contributed by atoms with Gasteiger partial charge in [-0.3, -0.25) is 5.10 Å². The minimum absolute atomic E-state index is 0.0627. The average Bonchev–Trinajstić information content (AvgIpc) is 2.76. The number of aromatic nitrogens is 2. The smallest absolute Gasteiger partial charge is 0.260 e. The topological polar surface area (TPSA) is 95.1 Å². The van der Waals surface area contributed by atoms with Gasteiger partial charge in [-0.2, -0.15) is 5.10 Å². The average molecular weight is 301 g/mol. The van der Waals surface area contributed by atoms with Crippen molar-refractivity contribution in [2.75, 3.05) is 0 Å². The van der Waals surface area contributed by atoms with E-state index < -0.39 is 10.0 Å². The number of sulfonamides is 1. The Kier molecular flexibility index (Phi) is 4.51. The third-order valence-electron chi connectivity index (χ3n) is 4.46. The molecule has 0 saturated heterocycles. The van der Waals surface area contributed by atoms with Crippen molar-refractivity contribution >= 4 is 10.0 Å². The summed E-state index contributed by atoms with van der Waals surface area (Å²) in [5.74, 6) is 0.811. The third kappa shape index (κ3) is 2.89. The molecule has 1 aliphatic carbocycles. The van der Waals surface area contributed by atoms with Crippen LogP contribution in [0.1, 0.15) is 44.4 Å². The minimum atomic E-state index is -3.69. The van der Waals surface area contributed by atoms with E-state index in [1.54, 1.807) is 6.92 Å². The van der Waals surface area contributed by atoms with E-state index in [9.17, 15) is 13.5 Å². The van der Waals surface area contributed by atoms with Crippen LogP contribution in [0.15, 0.2) is 5.03 Å². The number of aromatic amines is 1. The summed E-state index contributed by atoms with van der Waals surface area (Å²) in [5, 5.41) is 15.7. The Labute approximate surface area is 120 Å². The highest BCUT2D eigenvalue weighted by atomic mass is 32.2. The van der Waals surface area contributed by atoms with Crippen LogP contribution in [0.4, 0.5) is 0 Å². The van der Waals surface area contributed by atoms with Crippen LogP contribution in [0.5, 0.6) is 0 Å². The zero-order valence-corrected chi connectivity index (χ0v) is 13.0. The first-order chi connectivity index (χ1) is 9.36. The molecule has 1 heterocycles. The molecule has 6 nitrogen and oxygen atoms in total. The molecule has 0 amide bonds. The fraction of sp³-hybridized carbons (Fsp3) is 0.769. The highest BCUT2D eigenvalue weighted by Crippen LogP contribution is 2.30. The monoisotopic (exact) mass is 301 g/mol. The lowest BCUT2D eigenvalue weighted by atomic mass is 9.78. The summed E-state index contributed by atoms with van der Waals surface area (Å²) >= 11 is 0. The van der Waals surface area contributed by atoms with Crippen molar-refractivity contribution in [3.63, 3.8) is 0 Å². The largest absolute Gasteiger partial charge is 0.392 e. The van der Waals surface area contributed by atoms with Crippen LogP contribution in [-0.2, 0) is 16.6 Å². The number of aryl methyl sites for hydroxylation is 1. The summed E-state index contributed by atoms with van der Waals surface area (Å²) in [6.07, 6.45) is 3.02. The molecule has 1 aromatic heterocycles. The number of hydrogen-bond donors (Lipinski definition) is 3. The summed E-state index contributed by atoms with van der Waals surface area (Å²) in [6.45, 7) is 5.60. The van der Waals surface area contributed by atoms with Crippen molar-refractivity contribution in [3.05, 3.63) is 11.3 Å². The zero-order chi connectivity index (χ0) is 14.9. The summed E-state index contributed by atoms with van der Waals surface area (Å²) in [5.41, 5.74) is 0.923. The number of aliphatic hydroxyl groups is 1. The van der Waals surface area contributed by atoms with Gasteiger partial charge in [0, 0.05) is 17.3 Å². The van der Waals surface area contributed by atoms with Crippen molar-refractivity contribution in [2.45, 2.75) is 57.7 Å². The van der Waals surface area contributed by atoms with Crippen LogP contribution in [0.25, 0.3) is 0 Å². The lowest BCUT2D eigenvalue weighted by Gasteiger charge is -2.34. The summed E-state index contributed by atoms with van der Waals surface area (Å²) in [6, 6.07) is -0.0627. The molecule has 1 aliphatic rings. The van der Waals surface area contributed by atoms with E-state index in [1.807, 2.05) is 0 Å². The number of H-pyrrole nitrogens is 1. The lowest BCUT2D eigenvalue weighted by molar-refractivity contribution is 0.226. The van der Waals surface area contributed by atoms with E-state index in [4.69, 9.17) is 0 Å². The van der Waals surface area contributed by atoms with Crippen LogP contribution in [-0.4, -0.2) is 29.8 Å². The second kappa shape index (κ2) is 5.83. The first-order valence-electron chi connectivity index (χ1n) is 7.04. The molecule has 2 rings (SSSR count). The standard InChI is InChI=1S/C13H23N3O3S/c1-8-5-4-6-12(9(8)2)16-20(18,19)13-11(7-17)10(3)14-15-13/h8-9,12,16-17H,4-7H2,1-3H3,(H,14,15). The maximum Gasteiger partial charge on any atom is 0.260 e. The molecule has 0 radical (unpaired) electrons. The summed E-state index contributed by atoms with van der Waals surface area (Å²) in [7, 11) is -3.69. The van der Waals surface area contributed by atoms with Gasteiger partial charge in [-0.1, -0.05) is 26.7 Å². The number of aliphatic hydroxyl groups excluding tert-OH is 1. The molecule has 3 N–H and O–H groups in total. The van der Waals surface area contributed by atoms with Crippen molar-refractivity contribution in [2.24, 2.45) is 11.8 Å². The third-order valence-corrected chi connectivity index (χ3v) is 5.92. The molecule has 1 aromatic rings. The van der Waals surface area contributed by atoms with Gasteiger partial charge in [0.1, 0.15) is 0 Å². The molecule has 0 bridgehead atoms. The van der Waals surface area contributed by atoms with Crippen LogP contribution in [0.3, 0.4) is 0 Å². The highest BCUT2D eigenvalue weighted by Gasteiger charge is 2.32. The predicted octanol–water partition coefficient (Wildman–Crippen LogP) is 1.31. The van der Waals surface area contributed by atoms with Gasteiger partial charge >= 0.3 is 0 Å². The van der Waals surface area contributed by atoms with E-state index in [2.05, 4.69) is 28.8 Å². The van der Waals surface area contributed by atoms with E-state index in [-0.39, 0.29) is 17.7 Å². The Morgan fingerprint density at radius 2 is 2.10 bits per heavy atom. The molecule has 0 aromatic carbocycles. The second-order valence-corrected chi connectivity index (χ2v) is 7.41. The van der Waals surface area contributed by atoms with Gasteiger partial charge in [-0.05, 0) is 25.2 Å². The first kappa shape index (κ1) is 15.5. The molecule has 1 saturated carbocycles. The van der Waals surface area contributed by atoms with Crippen LogP contribution >= 0.6 is 0 Å². The Morgan fingerprint density at radius 3 is 2.75 bits per heavy atom. The van der Waals surface area contributed by atoms with Crippen LogP contribution in [0, 0.1) is 18.8 Å². The van der Waals surface area contributed by atoms with Crippen molar-refractivity contribution in [1.29, 1.82) is 0 Å². The molecule has 0 aliphatic heterocycles. The molecule has 20 heavy (non-hydrogen) atoms. The molecule has 7 heteroatoms. The second-order valence-electron chi connectivity index (χ2n) is 5.79. The number of rotatable bonds is 4. The van der Waals surface area contributed by atoms with Crippen molar-refractivity contribution in [3.8, 4) is 0 Å². The molecular weight excluding hydrogens is 278 g/mol. The number of nitrogens with zero attached hydrogens (tertiary/aromatic N) is 1. The SMILES string of the molecule is Cc1[nH]nc(S(=O)(=O)NC2CCCC(C)C2C)c1CO. The molecular formula is C13H23N3O3S. The van der Waals surface area contributed by atoms with E-state index >= 15 is 0 Å². The molecule has 3 atom stereocenters. The Balaban J connectivity index is 2.23. The van der Waals surface area contributed by atoms with E-state index in [1.165, 1.54) is 0 Å². The maximum absolute atomic E-state index is 12.4. The van der Waals surface area contributed by atoms with Gasteiger partial charge in [0.25, 0.3) is 10.0 Å². The van der Waals surface area contributed by atoms with Crippen LogP contribution < -0.4 is 4.72 Å². The quantitative estimate of drug-likeness (QED) is 0.781. The maximum atomic E-state index is 12.4. The molecule has 114 valence electrons. The normalized spacial score (nSPS) is 27.7. The molecule has 1 fully saturated rings. The first-order valence-corrected chi connectivity index (χ1v) is 8.52. The Bertz CT molecular complexity index is 567. The lowest BCUT2D eigenvalue weighted by Crippen LogP contribution is -2.43. The predicted molar refractivity (Wildman–Crippen MR) is 75.5 cm³/mol. The number of nitrogens with one attached hydrogen (secondary N) is 2. The highest BCUT2D eigenvalue weighted by molar-refractivity contribution is 7.89. The van der Waals surface area contributed by atoms with Crippen molar-refractivity contribution < 1.29 is 13.5 Å². The molecule has 3 unspecified atom stereocenters. The van der Waals surface area contributed by atoms with Gasteiger partial charge in [-0.25, -0.2) is 13.1 Å². The fourth-order valence-corrected chi connectivity index (χ4v) is 4.39. The van der Waals surface area contributed by atoms with Gasteiger partial charge < -0.3 is 5.11 Å². The summed E-state index contributed by atoms with van der Waals surface area (Å²) < 4.78 is 27.6. The van der Waals surface area contributed by atoms with Gasteiger partial charge in [-0.15, -0.1) is 0 Å². The fourth-order valence-electron chi connectivity index (χ4n) is 2.84. The van der Waals surface area contributed by atoms with Crippen LogP contribution in [0.2, 0.25) is 0 Å².